The summed E-state index contributed by atoms with van der Waals surface area (Å²) in [7, 11) is 0. The van der Waals surface area contributed by atoms with E-state index in [0.717, 1.165) is 0 Å². The lowest BCUT2D eigenvalue weighted by Gasteiger charge is -2.13. The fourth-order valence-electron chi connectivity index (χ4n) is 2.58. The summed E-state index contributed by atoms with van der Waals surface area (Å²) in [5, 5.41) is 4.37. The Labute approximate surface area is 168 Å². The third-order valence-corrected chi connectivity index (χ3v) is 4.18. The summed E-state index contributed by atoms with van der Waals surface area (Å²) in [6.45, 7) is -1.56. The van der Waals surface area contributed by atoms with Gasteiger partial charge >= 0.3 is 0 Å². The Morgan fingerprint density at radius 3 is 1.23 bits per heavy atom. The van der Waals surface area contributed by atoms with Gasteiger partial charge in [-0.25, -0.2) is 17.6 Å². The topological polar surface area (TPSA) is 84.0 Å². The molecule has 30 heavy (non-hydrogen) atoms. The van der Waals surface area contributed by atoms with Gasteiger partial charge in [0.05, 0.1) is 0 Å². The van der Waals surface area contributed by atoms with Gasteiger partial charge < -0.3 is 10.6 Å². The molecule has 0 atom stereocenters. The highest BCUT2D eigenvalue weighted by molar-refractivity contribution is 5.94. The molecule has 2 heterocycles. The summed E-state index contributed by atoms with van der Waals surface area (Å²) in [5.41, 5.74) is -1.64. The average Bonchev–Trinajstić information content (AvgIpc) is 2.78. The molecule has 2 N–H and O–H groups in total. The number of carbonyl (C=O) groups excluding carboxylic acids is 2. The zero-order valence-electron chi connectivity index (χ0n) is 15.3. The minimum Gasteiger partial charge on any atom is -0.348 e. The van der Waals surface area contributed by atoms with Crippen LogP contribution in [-0.2, 0) is 13.1 Å². The largest absolute Gasteiger partial charge is 0.348 e. The first-order valence-electron chi connectivity index (χ1n) is 8.60. The summed E-state index contributed by atoms with van der Waals surface area (Å²) in [4.78, 5) is 31.4. The highest BCUT2D eigenvalue weighted by Crippen LogP contribution is 2.24. The van der Waals surface area contributed by atoms with Crippen molar-refractivity contribution in [2.24, 2.45) is 0 Å². The average molecular weight is 418 g/mol. The van der Waals surface area contributed by atoms with Gasteiger partial charge in [0, 0.05) is 60.1 Å². The molecule has 0 bridgehead atoms. The molecule has 10 heteroatoms. The van der Waals surface area contributed by atoms with Crippen LogP contribution in [0, 0.1) is 23.3 Å². The number of amides is 2. The molecule has 0 aliphatic heterocycles. The minimum absolute atomic E-state index is 0.155. The van der Waals surface area contributed by atoms with Gasteiger partial charge in [-0.1, -0.05) is 0 Å². The summed E-state index contributed by atoms with van der Waals surface area (Å²) < 4.78 is 57.4. The second kappa shape index (κ2) is 9.12. The molecule has 2 aromatic heterocycles. The molecule has 154 valence electrons. The number of hydrogen-bond donors (Lipinski definition) is 2. The number of halogens is 4. The van der Waals surface area contributed by atoms with Crippen molar-refractivity contribution in [3.05, 3.63) is 94.6 Å². The van der Waals surface area contributed by atoms with E-state index in [4.69, 9.17) is 0 Å². The maximum Gasteiger partial charge on any atom is 0.251 e. The molecule has 1 aromatic carbocycles. The Morgan fingerprint density at radius 2 is 0.933 bits per heavy atom. The van der Waals surface area contributed by atoms with Gasteiger partial charge in [0.2, 0.25) is 0 Å². The molecule has 2 amide bonds. The molecular weight excluding hydrogens is 404 g/mol. The van der Waals surface area contributed by atoms with Crippen LogP contribution in [0.15, 0.2) is 49.1 Å². The van der Waals surface area contributed by atoms with Gasteiger partial charge in [-0.3, -0.25) is 19.6 Å². The number of aromatic nitrogens is 2. The minimum atomic E-state index is -1.66. The first kappa shape index (κ1) is 20.9. The van der Waals surface area contributed by atoms with Crippen molar-refractivity contribution in [3.63, 3.8) is 0 Å². The molecule has 6 nitrogen and oxygen atoms in total. The molecule has 0 saturated carbocycles. The number of pyridine rings is 2. The van der Waals surface area contributed by atoms with Crippen molar-refractivity contribution in [2.75, 3.05) is 0 Å². The highest BCUT2D eigenvalue weighted by atomic mass is 19.2. The summed E-state index contributed by atoms with van der Waals surface area (Å²) >= 11 is 0. The lowest BCUT2D eigenvalue weighted by atomic mass is 10.1. The molecule has 3 rings (SSSR count). The maximum atomic E-state index is 14.3. The predicted octanol–water partition coefficient (Wildman–Crippen LogP) is 2.89. The molecule has 3 aromatic rings. The van der Waals surface area contributed by atoms with E-state index in [9.17, 15) is 27.2 Å². The van der Waals surface area contributed by atoms with Crippen LogP contribution < -0.4 is 10.6 Å². The van der Waals surface area contributed by atoms with Crippen molar-refractivity contribution in [3.8, 4) is 0 Å². The van der Waals surface area contributed by atoms with E-state index in [0.29, 0.717) is 0 Å². The van der Waals surface area contributed by atoms with Gasteiger partial charge in [0.15, 0.2) is 23.3 Å². The van der Waals surface area contributed by atoms with E-state index < -0.39 is 59.3 Å². The van der Waals surface area contributed by atoms with Crippen LogP contribution >= 0.6 is 0 Å². The Bertz CT molecular complexity index is 964. The Morgan fingerprint density at radius 1 is 0.633 bits per heavy atom. The van der Waals surface area contributed by atoms with Crippen LogP contribution in [0.1, 0.15) is 31.8 Å². The van der Waals surface area contributed by atoms with Gasteiger partial charge in [-0.15, -0.1) is 0 Å². The summed E-state index contributed by atoms with van der Waals surface area (Å²) in [6.07, 6.45) is 5.35. The SMILES string of the molecule is O=C(NCc1c(F)c(F)c(CNC(=O)c2ccncc2)c(F)c1F)c1ccncc1. The molecule has 0 fully saturated rings. The quantitative estimate of drug-likeness (QED) is 0.476. The van der Waals surface area contributed by atoms with Crippen LogP contribution in [0.25, 0.3) is 0 Å². The first-order valence-corrected chi connectivity index (χ1v) is 8.60. The second-order valence-corrected chi connectivity index (χ2v) is 6.05. The predicted molar refractivity (Wildman–Crippen MR) is 97.1 cm³/mol. The highest BCUT2D eigenvalue weighted by Gasteiger charge is 2.26. The number of rotatable bonds is 6. The van der Waals surface area contributed by atoms with E-state index >= 15 is 0 Å². The molecule has 0 saturated heterocycles. The fourth-order valence-corrected chi connectivity index (χ4v) is 2.58. The molecule has 0 aliphatic carbocycles. The van der Waals surface area contributed by atoms with E-state index in [1.807, 2.05) is 0 Å². The van der Waals surface area contributed by atoms with Crippen molar-refractivity contribution >= 4 is 11.8 Å². The number of hydrogen-bond acceptors (Lipinski definition) is 4. The van der Waals surface area contributed by atoms with Gasteiger partial charge in [-0.2, -0.15) is 0 Å². The fraction of sp³-hybridized carbons (Fsp3) is 0.100. The zero-order valence-corrected chi connectivity index (χ0v) is 15.3. The van der Waals surface area contributed by atoms with Crippen molar-refractivity contribution in [1.29, 1.82) is 0 Å². The lowest BCUT2D eigenvalue weighted by Crippen LogP contribution is -2.27. The normalized spacial score (nSPS) is 10.5. The molecule has 0 unspecified atom stereocenters. The van der Waals surface area contributed by atoms with Gasteiger partial charge in [0.25, 0.3) is 11.8 Å². The molecular formula is C20H14F4N4O2. The van der Waals surface area contributed by atoms with E-state index in [1.54, 1.807) is 0 Å². The smallest absolute Gasteiger partial charge is 0.251 e. The van der Waals surface area contributed by atoms with Crippen LogP contribution in [-0.4, -0.2) is 21.8 Å². The van der Waals surface area contributed by atoms with Crippen molar-refractivity contribution < 1.29 is 27.2 Å². The second-order valence-electron chi connectivity index (χ2n) is 6.05. The monoisotopic (exact) mass is 418 g/mol. The summed E-state index contributed by atoms with van der Waals surface area (Å²) in [5.74, 6) is -8.03. The number of carbonyl (C=O) groups is 2. The molecule has 0 radical (unpaired) electrons. The van der Waals surface area contributed by atoms with Crippen molar-refractivity contribution in [2.45, 2.75) is 13.1 Å². The lowest BCUT2D eigenvalue weighted by molar-refractivity contribution is 0.0940. The van der Waals surface area contributed by atoms with E-state index in [2.05, 4.69) is 20.6 Å². The first-order chi connectivity index (χ1) is 14.4. The van der Waals surface area contributed by atoms with Gasteiger partial charge in [-0.05, 0) is 24.3 Å². The Hall–Kier alpha value is -3.82. The van der Waals surface area contributed by atoms with E-state index in [1.165, 1.54) is 49.1 Å². The zero-order chi connectivity index (χ0) is 21.7. The van der Waals surface area contributed by atoms with Crippen LogP contribution in [0.5, 0.6) is 0 Å². The van der Waals surface area contributed by atoms with Crippen LogP contribution in [0.4, 0.5) is 17.6 Å². The number of nitrogens with zero attached hydrogens (tertiary/aromatic N) is 2. The van der Waals surface area contributed by atoms with Crippen LogP contribution in [0.2, 0.25) is 0 Å². The van der Waals surface area contributed by atoms with E-state index in [-0.39, 0.29) is 11.1 Å². The van der Waals surface area contributed by atoms with Crippen LogP contribution in [0.3, 0.4) is 0 Å². The molecule has 0 aliphatic rings. The maximum absolute atomic E-state index is 14.3. The third-order valence-electron chi connectivity index (χ3n) is 4.18. The third kappa shape index (κ3) is 4.43. The Balaban J connectivity index is 1.76. The van der Waals surface area contributed by atoms with Gasteiger partial charge in [0.1, 0.15) is 0 Å². The Kier molecular flexibility index (Phi) is 6.35. The molecule has 0 spiro atoms. The standard InChI is InChI=1S/C20H14F4N4O2/c21-15-13(9-27-19(29)11-1-5-25-6-2-11)16(22)18(24)14(17(15)23)10-28-20(30)12-3-7-26-8-4-12/h1-8H,9-10H2,(H,27,29)(H,28,30). The summed E-state index contributed by atoms with van der Waals surface area (Å²) in [6, 6.07) is 5.44. The van der Waals surface area contributed by atoms with Crippen molar-refractivity contribution in [1.82, 2.24) is 20.6 Å². The number of nitrogens with one attached hydrogen (secondary N) is 2. The number of benzene rings is 1.